The zero-order chi connectivity index (χ0) is 9.90. The molecule has 0 aliphatic rings. The maximum absolute atomic E-state index is 11.7. The lowest BCUT2D eigenvalue weighted by Crippen LogP contribution is -2.16. The highest BCUT2D eigenvalue weighted by molar-refractivity contribution is 8.68. The minimum absolute atomic E-state index is 0.230. The van der Waals surface area contributed by atoms with E-state index >= 15 is 0 Å². The summed E-state index contributed by atoms with van der Waals surface area (Å²) < 4.78 is 38.9. The van der Waals surface area contributed by atoms with Crippen LogP contribution in [0.3, 0.4) is 0 Å². The fourth-order valence-corrected chi connectivity index (χ4v) is 1.38. The van der Waals surface area contributed by atoms with Gasteiger partial charge in [0.05, 0.1) is 0 Å². The van der Waals surface area contributed by atoms with Crippen LogP contribution < -0.4 is 4.74 Å². The number of hydrogen-bond acceptors (Lipinski definition) is 3. The van der Waals surface area contributed by atoms with Crippen molar-refractivity contribution < 1.29 is 17.9 Å². The highest BCUT2D eigenvalue weighted by Gasteiger charge is 2.31. The second kappa shape index (κ2) is 4.15. The van der Waals surface area contributed by atoms with Crippen LogP contribution >= 0.6 is 22.5 Å². The smallest absolute Gasteiger partial charge is 0.406 e. The maximum Gasteiger partial charge on any atom is 0.573 e. The third-order valence-electron chi connectivity index (χ3n) is 1.14. The van der Waals surface area contributed by atoms with Crippen molar-refractivity contribution in [3.05, 3.63) is 24.3 Å². The van der Waals surface area contributed by atoms with Crippen LogP contribution in [0.2, 0.25) is 0 Å². The van der Waals surface area contributed by atoms with Crippen molar-refractivity contribution in [2.24, 2.45) is 0 Å². The molecule has 1 nitrogen and oxygen atoms in total. The molecule has 1 rings (SSSR count). The van der Waals surface area contributed by atoms with Gasteiger partial charge in [0.15, 0.2) is 0 Å². The van der Waals surface area contributed by atoms with Crippen molar-refractivity contribution in [2.45, 2.75) is 11.3 Å². The van der Waals surface area contributed by atoms with Crippen LogP contribution in [0.15, 0.2) is 29.2 Å². The third kappa shape index (κ3) is 3.82. The van der Waals surface area contributed by atoms with Crippen molar-refractivity contribution in [3.63, 3.8) is 0 Å². The third-order valence-corrected chi connectivity index (χ3v) is 2.24. The number of alkyl halides is 3. The lowest BCUT2D eigenvalue weighted by molar-refractivity contribution is -0.274. The fourth-order valence-electron chi connectivity index (χ4n) is 0.728. The topological polar surface area (TPSA) is 9.23 Å². The average Bonchev–Trinajstić information content (AvgIpc) is 2.01. The van der Waals surface area contributed by atoms with E-state index in [1.165, 1.54) is 18.2 Å². The molecule has 0 aromatic heterocycles. The Hall–Kier alpha value is -0.490. The molecule has 0 unspecified atom stereocenters. The highest BCUT2D eigenvalue weighted by Crippen LogP contribution is 2.28. The predicted molar refractivity (Wildman–Crippen MR) is 48.0 cm³/mol. The van der Waals surface area contributed by atoms with Gasteiger partial charge in [-0.25, -0.2) is 0 Å². The first kappa shape index (κ1) is 10.6. The molecule has 0 saturated carbocycles. The number of ether oxygens (including phenoxy) is 1. The van der Waals surface area contributed by atoms with Gasteiger partial charge in [-0.3, -0.25) is 0 Å². The normalized spacial score (nSPS) is 11.4. The number of rotatable bonds is 2. The molecule has 0 heterocycles. The first-order valence-electron chi connectivity index (χ1n) is 3.18. The first-order valence-corrected chi connectivity index (χ1v) is 5.05. The Morgan fingerprint density at radius 1 is 1.31 bits per heavy atom. The molecule has 0 amide bonds. The number of halogens is 3. The summed E-state index contributed by atoms with van der Waals surface area (Å²) >= 11 is 3.85. The molecule has 0 radical (unpaired) electrons. The van der Waals surface area contributed by atoms with Crippen molar-refractivity contribution >= 4 is 22.5 Å². The van der Waals surface area contributed by atoms with Gasteiger partial charge >= 0.3 is 6.36 Å². The number of benzene rings is 1. The van der Waals surface area contributed by atoms with Gasteiger partial charge in [0.1, 0.15) is 5.75 Å². The fraction of sp³-hybridized carbons (Fsp3) is 0.143. The Morgan fingerprint density at radius 3 is 2.54 bits per heavy atom. The van der Waals surface area contributed by atoms with Gasteiger partial charge in [0.25, 0.3) is 0 Å². The van der Waals surface area contributed by atoms with E-state index in [-0.39, 0.29) is 5.75 Å². The molecule has 0 saturated heterocycles. The predicted octanol–water partition coefficient (Wildman–Crippen LogP) is 3.52. The standard InChI is InChI=1S/C7H5F3OS2/c8-7(9,10)11-5-2-1-3-6(4-5)13-12/h1-4,12H. The van der Waals surface area contributed by atoms with Gasteiger partial charge in [-0.1, -0.05) is 16.9 Å². The van der Waals surface area contributed by atoms with Crippen LogP contribution in [0, 0.1) is 0 Å². The highest BCUT2D eigenvalue weighted by atomic mass is 33.1. The second-order valence-electron chi connectivity index (χ2n) is 2.11. The zero-order valence-corrected chi connectivity index (χ0v) is 7.92. The Kier molecular flexibility index (Phi) is 3.38. The summed E-state index contributed by atoms with van der Waals surface area (Å²) in [6.07, 6.45) is -4.64. The molecule has 0 N–H and O–H groups in total. The monoisotopic (exact) mass is 226 g/mol. The summed E-state index contributed by atoms with van der Waals surface area (Å²) in [5.41, 5.74) is 0. The molecule has 0 aliphatic heterocycles. The lowest BCUT2D eigenvalue weighted by atomic mass is 10.3. The summed E-state index contributed by atoms with van der Waals surface area (Å²) in [6.45, 7) is 0. The summed E-state index contributed by atoms with van der Waals surface area (Å²) in [5, 5.41) is 0. The van der Waals surface area contributed by atoms with Gasteiger partial charge in [0, 0.05) is 4.90 Å². The van der Waals surface area contributed by atoms with E-state index in [9.17, 15) is 13.2 Å². The molecule has 0 fully saturated rings. The average molecular weight is 226 g/mol. The van der Waals surface area contributed by atoms with Crippen molar-refractivity contribution in [3.8, 4) is 5.75 Å². The number of thiol groups is 1. The first-order chi connectivity index (χ1) is 6.01. The molecule has 6 heteroatoms. The van der Waals surface area contributed by atoms with Gasteiger partial charge in [-0.05, 0) is 18.2 Å². The van der Waals surface area contributed by atoms with E-state index < -0.39 is 6.36 Å². The van der Waals surface area contributed by atoms with E-state index in [2.05, 4.69) is 16.4 Å². The summed E-state index contributed by atoms with van der Waals surface area (Å²) in [7, 11) is 1.06. The molecule has 1 aromatic carbocycles. The molecule has 0 aliphatic carbocycles. The molecular weight excluding hydrogens is 221 g/mol. The van der Waals surface area contributed by atoms with Crippen LogP contribution in [-0.2, 0) is 0 Å². The maximum atomic E-state index is 11.7. The largest absolute Gasteiger partial charge is 0.573 e. The molecule has 1 aromatic rings. The van der Waals surface area contributed by atoms with Crippen molar-refractivity contribution in [1.82, 2.24) is 0 Å². The van der Waals surface area contributed by atoms with Gasteiger partial charge in [-0.2, -0.15) is 0 Å². The lowest BCUT2D eigenvalue weighted by Gasteiger charge is -2.08. The van der Waals surface area contributed by atoms with Crippen LogP contribution in [0.1, 0.15) is 0 Å². The summed E-state index contributed by atoms with van der Waals surface area (Å²) in [6, 6.07) is 5.62. The number of hydrogen-bond donors (Lipinski definition) is 1. The van der Waals surface area contributed by atoms with E-state index in [0.29, 0.717) is 4.90 Å². The SMILES string of the molecule is FC(F)(F)Oc1cccc(SS)c1. The van der Waals surface area contributed by atoms with Gasteiger partial charge in [-0.15, -0.1) is 24.8 Å². The van der Waals surface area contributed by atoms with E-state index in [1.54, 1.807) is 6.07 Å². The zero-order valence-electron chi connectivity index (χ0n) is 6.21. The van der Waals surface area contributed by atoms with Crippen molar-refractivity contribution in [1.29, 1.82) is 0 Å². The Labute approximate surface area is 82.1 Å². The molecule has 0 bridgehead atoms. The minimum atomic E-state index is -4.64. The molecule has 72 valence electrons. The van der Waals surface area contributed by atoms with Crippen LogP contribution in [-0.4, -0.2) is 6.36 Å². The van der Waals surface area contributed by atoms with Crippen LogP contribution in [0.5, 0.6) is 5.75 Å². The molecule has 0 spiro atoms. The second-order valence-corrected chi connectivity index (χ2v) is 3.32. The van der Waals surface area contributed by atoms with E-state index in [4.69, 9.17) is 0 Å². The summed E-state index contributed by atoms with van der Waals surface area (Å²) in [5.74, 6) is -0.230. The summed E-state index contributed by atoms with van der Waals surface area (Å²) in [4.78, 5) is 0.602. The molecular formula is C7H5F3OS2. The Morgan fingerprint density at radius 2 is 2.00 bits per heavy atom. The van der Waals surface area contributed by atoms with E-state index in [0.717, 1.165) is 10.8 Å². The quantitative estimate of drug-likeness (QED) is 0.610. The van der Waals surface area contributed by atoms with Gasteiger partial charge < -0.3 is 4.74 Å². The minimum Gasteiger partial charge on any atom is -0.406 e. The molecule has 0 atom stereocenters. The van der Waals surface area contributed by atoms with Crippen LogP contribution in [0.25, 0.3) is 0 Å². The Balaban J connectivity index is 2.78. The Bertz CT molecular complexity index is 287. The van der Waals surface area contributed by atoms with E-state index in [1.807, 2.05) is 0 Å². The van der Waals surface area contributed by atoms with Crippen molar-refractivity contribution in [2.75, 3.05) is 0 Å². The van der Waals surface area contributed by atoms with Gasteiger partial charge in [0.2, 0.25) is 0 Å². The van der Waals surface area contributed by atoms with Crippen LogP contribution in [0.4, 0.5) is 13.2 Å². The molecule has 13 heavy (non-hydrogen) atoms.